The van der Waals surface area contributed by atoms with E-state index in [4.69, 9.17) is 5.11 Å². The van der Waals surface area contributed by atoms with Gasteiger partial charge in [-0.05, 0) is 25.3 Å². The minimum Gasteiger partial charge on any atom is -0.396 e. The summed E-state index contributed by atoms with van der Waals surface area (Å²) in [5.41, 5.74) is 1.85. The number of hydrogen-bond acceptors (Lipinski definition) is 3. The fourth-order valence-corrected chi connectivity index (χ4v) is 2.41. The molecule has 2 rings (SSSR count). The van der Waals surface area contributed by atoms with Gasteiger partial charge >= 0.3 is 0 Å². The number of aromatic nitrogens is 2. The van der Waals surface area contributed by atoms with E-state index in [-0.39, 0.29) is 18.6 Å². The number of hydrogen-bond donors (Lipinski definition) is 2. The van der Waals surface area contributed by atoms with Gasteiger partial charge in [-0.2, -0.15) is 5.10 Å². The van der Waals surface area contributed by atoms with Gasteiger partial charge in [0.15, 0.2) is 0 Å². The van der Waals surface area contributed by atoms with Crippen LogP contribution in [0.1, 0.15) is 43.6 Å². The van der Waals surface area contributed by atoms with Gasteiger partial charge in [-0.3, -0.25) is 9.89 Å². The molecule has 17 heavy (non-hydrogen) atoms. The molecular formula is C12H19N3O2. The summed E-state index contributed by atoms with van der Waals surface area (Å²) < 4.78 is 0. The third-order valence-corrected chi connectivity index (χ3v) is 3.28. The summed E-state index contributed by atoms with van der Waals surface area (Å²) in [4.78, 5) is 13.5. The van der Waals surface area contributed by atoms with Crippen LogP contribution in [0, 0.1) is 0 Å². The Morgan fingerprint density at radius 3 is 3.18 bits per heavy atom. The lowest BCUT2D eigenvalue weighted by atomic mass is 9.99. The molecule has 1 saturated heterocycles. The number of aromatic amines is 1. The standard InChI is InChI=1S/C12H19N3O2/c1-9(17)15-6-3-2-4-12(15)11-8-10(5-7-16)13-14-11/h8,12,16H,2-7H2,1H3,(H,13,14)/t12-/m1/s1. The first-order valence-electron chi connectivity index (χ1n) is 6.14. The number of H-pyrrole nitrogens is 1. The van der Waals surface area contributed by atoms with Crippen molar-refractivity contribution < 1.29 is 9.90 Å². The van der Waals surface area contributed by atoms with Gasteiger partial charge in [0.25, 0.3) is 0 Å². The second-order valence-corrected chi connectivity index (χ2v) is 4.52. The fraction of sp³-hybridized carbons (Fsp3) is 0.667. The largest absolute Gasteiger partial charge is 0.396 e. The zero-order chi connectivity index (χ0) is 12.3. The summed E-state index contributed by atoms with van der Waals surface area (Å²) in [7, 11) is 0. The number of aliphatic hydroxyl groups is 1. The Morgan fingerprint density at radius 2 is 2.47 bits per heavy atom. The summed E-state index contributed by atoms with van der Waals surface area (Å²) in [6, 6.07) is 2.06. The van der Waals surface area contributed by atoms with E-state index >= 15 is 0 Å². The summed E-state index contributed by atoms with van der Waals surface area (Å²) >= 11 is 0. The maximum atomic E-state index is 11.6. The van der Waals surface area contributed by atoms with Crippen LogP contribution in [0.15, 0.2) is 6.07 Å². The molecule has 0 aromatic carbocycles. The molecule has 5 nitrogen and oxygen atoms in total. The van der Waals surface area contributed by atoms with Crippen molar-refractivity contribution in [3.63, 3.8) is 0 Å². The Labute approximate surface area is 101 Å². The van der Waals surface area contributed by atoms with E-state index in [0.717, 1.165) is 37.2 Å². The first-order chi connectivity index (χ1) is 8.22. The van der Waals surface area contributed by atoms with E-state index in [0.29, 0.717) is 6.42 Å². The van der Waals surface area contributed by atoms with E-state index in [9.17, 15) is 4.79 Å². The molecule has 1 atom stereocenters. The van der Waals surface area contributed by atoms with Crippen molar-refractivity contribution in [3.8, 4) is 0 Å². The zero-order valence-corrected chi connectivity index (χ0v) is 10.1. The van der Waals surface area contributed by atoms with Gasteiger partial charge in [0, 0.05) is 32.2 Å². The van der Waals surface area contributed by atoms with Gasteiger partial charge in [0.1, 0.15) is 0 Å². The molecule has 5 heteroatoms. The summed E-state index contributed by atoms with van der Waals surface area (Å²) in [5, 5.41) is 16.0. The highest BCUT2D eigenvalue weighted by atomic mass is 16.3. The van der Waals surface area contributed by atoms with Crippen molar-refractivity contribution in [1.29, 1.82) is 0 Å². The summed E-state index contributed by atoms with van der Waals surface area (Å²) in [6.07, 6.45) is 3.77. The molecule has 0 saturated carbocycles. The van der Waals surface area contributed by atoms with Gasteiger partial charge in [-0.1, -0.05) is 0 Å². The highest BCUT2D eigenvalue weighted by Crippen LogP contribution is 2.29. The zero-order valence-electron chi connectivity index (χ0n) is 10.1. The lowest BCUT2D eigenvalue weighted by molar-refractivity contribution is -0.132. The van der Waals surface area contributed by atoms with E-state index in [2.05, 4.69) is 10.2 Å². The molecule has 0 unspecified atom stereocenters. The first kappa shape index (κ1) is 12.1. The lowest BCUT2D eigenvalue weighted by Crippen LogP contribution is -2.37. The topological polar surface area (TPSA) is 69.2 Å². The van der Waals surface area contributed by atoms with Crippen LogP contribution in [-0.4, -0.2) is 39.3 Å². The quantitative estimate of drug-likeness (QED) is 0.824. The Hall–Kier alpha value is -1.36. The third-order valence-electron chi connectivity index (χ3n) is 3.28. The average Bonchev–Trinajstić information content (AvgIpc) is 2.78. The lowest BCUT2D eigenvalue weighted by Gasteiger charge is -2.33. The molecule has 1 fully saturated rings. The molecule has 1 aliphatic heterocycles. The molecule has 2 N–H and O–H groups in total. The highest BCUT2D eigenvalue weighted by molar-refractivity contribution is 5.73. The number of nitrogens with zero attached hydrogens (tertiary/aromatic N) is 2. The van der Waals surface area contributed by atoms with Crippen LogP contribution in [0.2, 0.25) is 0 Å². The van der Waals surface area contributed by atoms with Crippen molar-refractivity contribution in [3.05, 3.63) is 17.5 Å². The first-order valence-corrected chi connectivity index (χ1v) is 6.14. The molecule has 1 aromatic heterocycles. The normalized spacial score (nSPS) is 20.6. The van der Waals surface area contributed by atoms with Crippen molar-refractivity contribution in [2.24, 2.45) is 0 Å². The predicted octanol–water partition coefficient (Wildman–Crippen LogP) is 1.02. The molecule has 2 heterocycles. The van der Waals surface area contributed by atoms with Gasteiger partial charge in [0.05, 0.1) is 11.7 Å². The van der Waals surface area contributed by atoms with Crippen LogP contribution in [-0.2, 0) is 11.2 Å². The molecule has 0 bridgehead atoms. The number of nitrogens with one attached hydrogen (secondary N) is 1. The van der Waals surface area contributed by atoms with Gasteiger partial charge < -0.3 is 10.0 Å². The van der Waals surface area contributed by atoms with Crippen LogP contribution < -0.4 is 0 Å². The Bertz CT molecular complexity index is 389. The molecule has 0 aliphatic carbocycles. The number of amides is 1. The van der Waals surface area contributed by atoms with Crippen LogP contribution in [0.3, 0.4) is 0 Å². The van der Waals surface area contributed by atoms with E-state index in [1.165, 1.54) is 0 Å². The number of carbonyl (C=O) groups excluding carboxylic acids is 1. The van der Waals surface area contributed by atoms with Crippen LogP contribution >= 0.6 is 0 Å². The average molecular weight is 237 g/mol. The maximum absolute atomic E-state index is 11.6. The van der Waals surface area contributed by atoms with E-state index < -0.39 is 0 Å². The molecule has 1 aliphatic rings. The molecule has 0 radical (unpaired) electrons. The second-order valence-electron chi connectivity index (χ2n) is 4.52. The maximum Gasteiger partial charge on any atom is 0.220 e. The molecule has 0 spiro atoms. The molecule has 1 aromatic rings. The number of carbonyl (C=O) groups is 1. The molecule has 94 valence electrons. The second kappa shape index (κ2) is 5.31. The van der Waals surface area contributed by atoms with Crippen molar-refractivity contribution in [2.75, 3.05) is 13.2 Å². The highest BCUT2D eigenvalue weighted by Gasteiger charge is 2.27. The van der Waals surface area contributed by atoms with Gasteiger partial charge in [-0.15, -0.1) is 0 Å². The van der Waals surface area contributed by atoms with E-state index in [1.54, 1.807) is 6.92 Å². The minimum absolute atomic E-state index is 0.102. The van der Waals surface area contributed by atoms with Crippen LogP contribution in [0.4, 0.5) is 0 Å². The third kappa shape index (κ3) is 2.66. The van der Waals surface area contributed by atoms with Crippen molar-refractivity contribution in [2.45, 2.75) is 38.6 Å². The number of rotatable bonds is 3. The van der Waals surface area contributed by atoms with Crippen molar-refractivity contribution >= 4 is 5.91 Å². The Balaban J connectivity index is 2.14. The number of likely N-dealkylation sites (tertiary alicyclic amines) is 1. The van der Waals surface area contributed by atoms with Crippen LogP contribution in [0.25, 0.3) is 0 Å². The summed E-state index contributed by atoms with van der Waals surface area (Å²) in [5.74, 6) is 0.112. The number of aliphatic hydroxyl groups excluding tert-OH is 1. The van der Waals surface area contributed by atoms with Crippen LogP contribution in [0.5, 0.6) is 0 Å². The smallest absolute Gasteiger partial charge is 0.220 e. The van der Waals surface area contributed by atoms with Crippen molar-refractivity contribution in [1.82, 2.24) is 15.1 Å². The minimum atomic E-state index is 0.102. The fourth-order valence-electron chi connectivity index (χ4n) is 2.41. The Kier molecular flexibility index (Phi) is 3.78. The van der Waals surface area contributed by atoms with Gasteiger partial charge in [0.2, 0.25) is 5.91 Å². The molecule has 1 amide bonds. The van der Waals surface area contributed by atoms with E-state index in [1.807, 2.05) is 11.0 Å². The summed E-state index contributed by atoms with van der Waals surface area (Å²) in [6.45, 7) is 2.55. The monoisotopic (exact) mass is 237 g/mol. The SMILES string of the molecule is CC(=O)N1CCCC[C@@H]1c1cc(CCO)[nH]n1. The Morgan fingerprint density at radius 1 is 1.65 bits per heavy atom. The number of piperidine rings is 1. The molecular weight excluding hydrogens is 218 g/mol. The predicted molar refractivity (Wildman–Crippen MR) is 63.4 cm³/mol. The van der Waals surface area contributed by atoms with Gasteiger partial charge in [-0.25, -0.2) is 0 Å².